The lowest BCUT2D eigenvalue weighted by atomic mass is 9.97. The first-order valence-corrected chi connectivity index (χ1v) is 8.35. The van der Waals surface area contributed by atoms with E-state index < -0.39 is 23.7 Å². The predicted molar refractivity (Wildman–Crippen MR) is 100 cm³/mol. The van der Waals surface area contributed by atoms with E-state index in [2.05, 4.69) is 4.74 Å². The first-order valence-electron chi connectivity index (χ1n) is 7.60. The Kier molecular flexibility index (Phi) is 6.66. The van der Waals surface area contributed by atoms with E-state index in [1.807, 2.05) is 0 Å². The molecule has 0 bridgehead atoms. The quantitative estimate of drug-likeness (QED) is 0.470. The molecule has 0 atom stereocenters. The van der Waals surface area contributed by atoms with Crippen LogP contribution in [0.15, 0.2) is 60.4 Å². The Labute approximate surface area is 161 Å². The van der Waals surface area contributed by atoms with Crippen LogP contribution in [0.25, 0.3) is 0 Å². The van der Waals surface area contributed by atoms with Crippen molar-refractivity contribution in [3.63, 3.8) is 0 Å². The van der Waals surface area contributed by atoms with Crippen LogP contribution in [0.5, 0.6) is 0 Å². The highest BCUT2D eigenvalue weighted by atomic mass is 35.5. The molecular formula is C19H17Cl2NO4. The van der Waals surface area contributed by atoms with Gasteiger partial charge in [-0.1, -0.05) is 47.5 Å². The highest BCUT2D eigenvalue weighted by Crippen LogP contribution is 2.30. The number of hydrogen-bond donors (Lipinski definition) is 1. The number of ether oxygens (including phenoxy) is 1. The molecule has 0 unspecified atom stereocenters. The summed E-state index contributed by atoms with van der Waals surface area (Å²) in [5, 5.41) is 10.8. The Morgan fingerprint density at radius 1 is 1.00 bits per heavy atom. The van der Waals surface area contributed by atoms with Gasteiger partial charge in [0.1, 0.15) is 0 Å². The maximum absolute atomic E-state index is 12.5. The molecule has 0 saturated heterocycles. The van der Waals surface area contributed by atoms with Gasteiger partial charge in [-0.15, -0.1) is 0 Å². The second-order valence-corrected chi connectivity index (χ2v) is 6.35. The minimum Gasteiger partial charge on any atom is -0.502 e. The number of likely N-dealkylation sites (N-methyl/N-ethyl adjacent to an activating group) is 1. The lowest BCUT2D eigenvalue weighted by Gasteiger charge is -2.28. The largest absolute Gasteiger partial charge is 0.502 e. The number of aliphatic hydroxyl groups excluding tert-OH is 1. The SMILES string of the molecule is COC(=O)C(O)=CC(=O)N(C)C(c1ccc(Cl)cc1)c1ccc(Cl)cc1. The average Bonchev–Trinajstić information content (AvgIpc) is 2.64. The molecule has 0 heterocycles. The number of benzene rings is 2. The van der Waals surface area contributed by atoms with Gasteiger partial charge in [-0.25, -0.2) is 4.79 Å². The molecule has 0 aliphatic heterocycles. The van der Waals surface area contributed by atoms with Crippen LogP contribution in [0.1, 0.15) is 17.2 Å². The van der Waals surface area contributed by atoms with Crippen LogP contribution in [-0.4, -0.2) is 36.0 Å². The zero-order valence-corrected chi connectivity index (χ0v) is 15.7. The summed E-state index contributed by atoms with van der Waals surface area (Å²) in [5.74, 6) is -2.32. The van der Waals surface area contributed by atoms with E-state index in [1.165, 1.54) is 4.90 Å². The van der Waals surface area contributed by atoms with Gasteiger partial charge in [-0.05, 0) is 35.4 Å². The average molecular weight is 394 g/mol. The Balaban J connectivity index is 2.42. The van der Waals surface area contributed by atoms with Crippen molar-refractivity contribution in [1.29, 1.82) is 0 Å². The van der Waals surface area contributed by atoms with Gasteiger partial charge in [0, 0.05) is 17.1 Å². The van der Waals surface area contributed by atoms with Crippen molar-refractivity contribution in [1.82, 2.24) is 4.90 Å². The number of rotatable bonds is 5. The van der Waals surface area contributed by atoms with E-state index in [1.54, 1.807) is 55.6 Å². The van der Waals surface area contributed by atoms with Crippen LogP contribution >= 0.6 is 23.2 Å². The third-order valence-corrected chi connectivity index (χ3v) is 4.27. The lowest BCUT2D eigenvalue weighted by molar-refractivity contribution is -0.139. The van der Waals surface area contributed by atoms with Crippen molar-refractivity contribution in [3.8, 4) is 0 Å². The number of amides is 1. The fourth-order valence-corrected chi connectivity index (χ4v) is 2.69. The molecule has 5 nitrogen and oxygen atoms in total. The van der Waals surface area contributed by atoms with Gasteiger partial charge in [0.05, 0.1) is 19.2 Å². The number of carbonyl (C=O) groups excluding carboxylic acids is 2. The molecule has 136 valence electrons. The Bertz CT molecular complexity index is 771. The third kappa shape index (κ3) is 4.77. The van der Waals surface area contributed by atoms with Gasteiger partial charge in [-0.2, -0.15) is 0 Å². The van der Waals surface area contributed by atoms with Crippen LogP contribution in [0.3, 0.4) is 0 Å². The predicted octanol–water partition coefficient (Wildman–Crippen LogP) is 4.16. The molecule has 2 aromatic carbocycles. The minimum atomic E-state index is -0.985. The topological polar surface area (TPSA) is 66.8 Å². The molecular weight excluding hydrogens is 377 g/mol. The van der Waals surface area contributed by atoms with Gasteiger partial charge in [0.25, 0.3) is 5.91 Å². The summed E-state index contributed by atoms with van der Waals surface area (Å²) in [5.41, 5.74) is 1.61. The maximum atomic E-state index is 12.5. The Hall–Kier alpha value is -2.50. The second kappa shape index (κ2) is 8.74. The highest BCUT2D eigenvalue weighted by molar-refractivity contribution is 6.30. The van der Waals surface area contributed by atoms with Gasteiger partial charge >= 0.3 is 5.97 Å². The van der Waals surface area contributed by atoms with Crippen molar-refractivity contribution in [2.75, 3.05) is 14.2 Å². The number of nitrogens with zero attached hydrogens (tertiary/aromatic N) is 1. The number of esters is 1. The standard InChI is InChI=1S/C19H17Cl2NO4/c1-22(17(24)11-16(23)19(25)26-2)18(12-3-7-14(20)8-4-12)13-5-9-15(21)10-6-13/h3-11,18,23H,1-2H3. The number of carbonyl (C=O) groups is 2. The van der Waals surface area contributed by atoms with E-state index in [-0.39, 0.29) is 0 Å². The number of methoxy groups -OCH3 is 1. The van der Waals surface area contributed by atoms with Gasteiger partial charge < -0.3 is 14.7 Å². The van der Waals surface area contributed by atoms with Crippen LogP contribution in [0.2, 0.25) is 10.0 Å². The molecule has 26 heavy (non-hydrogen) atoms. The monoisotopic (exact) mass is 393 g/mol. The Morgan fingerprint density at radius 3 is 1.81 bits per heavy atom. The van der Waals surface area contributed by atoms with Crippen molar-refractivity contribution >= 4 is 35.1 Å². The molecule has 2 aromatic rings. The number of hydrogen-bond acceptors (Lipinski definition) is 4. The Morgan fingerprint density at radius 2 is 1.42 bits per heavy atom. The molecule has 0 fully saturated rings. The molecule has 2 rings (SSSR count). The van der Waals surface area contributed by atoms with Crippen LogP contribution in [-0.2, 0) is 14.3 Å². The van der Waals surface area contributed by atoms with E-state index in [4.69, 9.17) is 23.2 Å². The summed E-state index contributed by atoms with van der Waals surface area (Å²) in [7, 11) is 2.68. The minimum absolute atomic E-state index is 0.473. The summed E-state index contributed by atoms with van der Waals surface area (Å²) in [4.78, 5) is 25.2. The molecule has 7 heteroatoms. The van der Waals surface area contributed by atoms with Crippen molar-refractivity contribution < 1.29 is 19.4 Å². The van der Waals surface area contributed by atoms with Crippen molar-refractivity contribution in [2.24, 2.45) is 0 Å². The van der Waals surface area contributed by atoms with Crippen molar-refractivity contribution in [2.45, 2.75) is 6.04 Å². The lowest BCUT2D eigenvalue weighted by Crippen LogP contribution is -2.31. The maximum Gasteiger partial charge on any atom is 0.373 e. The fraction of sp³-hybridized carbons (Fsp3) is 0.158. The molecule has 0 saturated carbocycles. The van der Waals surface area contributed by atoms with E-state index >= 15 is 0 Å². The molecule has 0 aliphatic rings. The van der Waals surface area contributed by atoms with Crippen LogP contribution in [0.4, 0.5) is 0 Å². The molecule has 1 amide bonds. The summed E-state index contributed by atoms with van der Waals surface area (Å²) in [6.07, 6.45) is 0.824. The van der Waals surface area contributed by atoms with Gasteiger partial charge in [0.2, 0.25) is 5.76 Å². The fourth-order valence-electron chi connectivity index (χ4n) is 2.44. The number of aliphatic hydroxyl groups is 1. The summed E-state index contributed by atoms with van der Waals surface area (Å²) < 4.78 is 4.39. The zero-order valence-electron chi connectivity index (χ0n) is 14.1. The smallest absolute Gasteiger partial charge is 0.373 e. The molecule has 0 radical (unpaired) electrons. The summed E-state index contributed by atoms with van der Waals surface area (Å²) in [6.45, 7) is 0. The zero-order chi connectivity index (χ0) is 19.3. The molecule has 0 spiro atoms. The van der Waals surface area contributed by atoms with Crippen molar-refractivity contribution in [3.05, 3.63) is 81.5 Å². The van der Waals surface area contributed by atoms with E-state index in [0.29, 0.717) is 10.0 Å². The first kappa shape index (κ1) is 19.8. The van der Waals surface area contributed by atoms with Crippen LogP contribution < -0.4 is 0 Å². The summed E-state index contributed by atoms with van der Waals surface area (Å²) >= 11 is 11.9. The highest BCUT2D eigenvalue weighted by Gasteiger charge is 2.24. The van der Waals surface area contributed by atoms with E-state index in [0.717, 1.165) is 24.3 Å². The number of halogens is 2. The molecule has 0 aromatic heterocycles. The van der Waals surface area contributed by atoms with Crippen LogP contribution in [0, 0.1) is 0 Å². The molecule has 1 N–H and O–H groups in total. The summed E-state index contributed by atoms with van der Waals surface area (Å²) in [6, 6.07) is 13.6. The van der Waals surface area contributed by atoms with Gasteiger partial charge in [-0.3, -0.25) is 4.79 Å². The third-order valence-electron chi connectivity index (χ3n) is 3.76. The second-order valence-electron chi connectivity index (χ2n) is 5.48. The van der Waals surface area contributed by atoms with E-state index in [9.17, 15) is 14.7 Å². The van der Waals surface area contributed by atoms with Gasteiger partial charge in [0.15, 0.2) is 0 Å². The first-order chi connectivity index (χ1) is 12.3. The normalized spacial score (nSPS) is 11.3. The molecule has 0 aliphatic carbocycles.